The molecule has 0 saturated heterocycles. The Morgan fingerprint density at radius 3 is 2.84 bits per heavy atom. The maximum Gasteiger partial charge on any atom is 0.217 e. The minimum atomic E-state index is 0.355. The van der Waals surface area contributed by atoms with Crippen molar-refractivity contribution in [1.82, 2.24) is 24.5 Å². The number of ether oxygens (including phenoxy) is 1. The van der Waals surface area contributed by atoms with E-state index in [1.807, 2.05) is 24.3 Å². The highest BCUT2D eigenvalue weighted by molar-refractivity contribution is 7.19. The Bertz CT molecular complexity index is 1440. The van der Waals surface area contributed by atoms with Crippen molar-refractivity contribution in [2.75, 3.05) is 13.6 Å². The molecule has 0 spiro atoms. The van der Waals surface area contributed by atoms with Gasteiger partial charge in [0, 0.05) is 18.0 Å². The van der Waals surface area contributed by atoms with E-state index < -0.39 is 0 Å². The van der Waals surface area contributed by atoms with Crippen LogP contribution in [0.3, 0.4) is 0 Å². The molecule has 5 heterocycles. The molecule has 7 nitrogen and oxygen atoms in total. The molecule has 0 N–H and O–H groups in total. The number of aryl methyl sites for hydroxylation is 2. The molecule has 0 amide bonds. The lowest BCUT2D eigenvalue weighted by atomic mass is 10.1. The van der Waals surface area contributed by atoms with E-state index >= 15 is 0 Å². The topological polar surface area (TPSA) is 68.7 Å². The average molecular weight is 446 g/mol. The second-order valence-electron chi connectivity index (χ2n) is 8.50. The number of fused-ring (bicyclic) bond motifs is 5. The number of aromatic nitrogens is 4. The van der Waals surface area contributed by atoms with Crippen molar-refractivity contribution in [3.63, 3.8) is 0 Å². The van der Waals surface area contributed by atoms with Crippen LogP contribution in [0.15, 0.2) is 41.1 Å². The molecule has 0 radical (unpaired) electrons. The highest BCUT2D eigenvalue weighted by atomic mass is 32.1. The second kappa shape index (κ2) is 7.43. The van der Waals surface area contributed by atoms with Crippen LogP contribution in [0, 0.1) is 13.8 Å². The fourth-order valence-corrected chi connectivity index (χ4v) is 5.63. The highest BCUT2D eigenvalue weighted by Crippen LogP contribution is 2.36. The molecule has 8 heteroatoms. The summed E-state index contributed by atoms with van der Waals surface area (Å²) in [5, 5.41) is 5.76. The first-order valence-electron chi connectivity index (χ1n) is 10.7. The minimum absolute atomic E-state index is 0.355. The lowest BCUT2D eigenvalue weighted by Crippen LogP contribution is -2.25. The first-order valence-corrected chi connectivity index (χ1v) is 11.5. The van der Waals surface area contributed by atoms with Crippen molar-refractivity contribution in [2.45, 2.75) is 33.4 Å². The van der Waals surface area contributed by atoms with Crippen LogP contribution in [0.4, 0.5) is 0 Å². The monoisotopic (exact) mass is 445 g/mol. The molecule has 1 aromatic carbocycles. The largest absolute Gasteiger partial charge is 0.486 e. The molecule has 162 valence electrons. The summed E-state index contributed by atoms with van der Waals surface area (Å²) in [6.45, 7) is 6.49. The van der Waals surface area contributed by atoms with Gasteiger partial charge in [-0.15, -0.1) is 16.4 Å². The van der Waals surface area contributed by atoms with Crippen molar-refractivity contribution in [3.8, 4) is 17.3 Å². The molecular weight excluding hydrogens is 422 g/mol. The summed E-state index contributed by atoms with van der Waals surface area (Å²) in [7, 11) is 2.16. The molecule has 5 aromatic rings. The molecule has 0 atom stereocenters. The number of furan rings is 1. The number of likely N-dealkylation sites (N-methyl/N-ethyl adjacent to an activating group) is 1. The number of hydrogen-bond donors (Lipinski definition) is 0. The van der Waals surface area contributed by atoms with Crippen molar-refractivity contribution in [1.29, 1.82) is 0 Å². The van der Waals surface area contributed by atoms with Crippen LogP contribution in [0.5, 0.6) is 5.75 Å². The summed E-state index contributed by atoms with van der Waals surface area (Å²) in [5.41, 5.74) is 4.56. The molecule has 6 rings (SSSR count). The van der Waals surface area contributed by atoms with Gasteiger partial charge in [0.1, 0.15) is 29.3 Å². The smallest absolute Gasteiger partial charge is 0.217 e. The van der Waals surface area contributed by atoms with Gasteiger partial charge in [-0.3, -0.25) is 0 Å². The Morgan fingerprint density at radius 1 is 1.16 bits per heavy atom. The minimum Gasteiger partial charge on any atom is -0.486 e. The fraction of sp³-hybridized carbons (Fsp3) is 0.292. The first kappa shape index (κ1) is 19.5. The third-order valence-electron chi connectivity index (χ3n) is 5.83. The van der Waals surface area contributed by atoms with Crippen LogP contribution in [-0.2, 0) is 19.6 Å². The Labute approximate surface area is 189 Å². The molecule has 0 fully saturated rings. The molecule has 0 unspecified atom stereocenters. The predicted molar refractivity (Wildman–Crippen MR) is 124 cm³/mol. The summed E-state index contributed by atoms with van der Waals surface area (Å²) in [5.74, 6) is 2.76. The van der Waals surface area contributed by atoms with E-state index in [9.17, 15) is 0 Å². The number of hydrogen-bond acceptors (Lipinski definition) is 7. The molecule has 4 aromatic heterocycles. The van der Waals surface area contributed by atoms with Crippen molar-refractivity contribution in [3.05, 3.63) is 64.0 Å². The lowest BCUT2D eigenvalue weighted by Gasteiger charge is -2.21. The Kier molecular flexibility index (Phi) is 4.51. The zero-order valence-electron chi connectivity index (χ0n) is 18.3. The van der Waals surface area contributed by atoms with E-state index in [1.165, 1.54) is 21.6 Å². The van der Waals surface area contributed by atoms with Gasteiger partial charge in [0.25, 0.3) is 0 Å². The molecule has 0 aliphatic carbocycles. The van der Waals surface area contributed by atoms with Gasteiger partial charge < -0.3 is 14.1 Å². The number of benzene rings is 1. The van der Waals surface area contributed by atoms with Crippen LogP contribution in [0.2, 0.25) is 0 Å². The van der Waals surface area contributed by atoms with Crippen LogP contribution in [-0.4, -0.2) is 38.1 Å². The van der Waals surface area contributed by atoms with Crippen LogP contribution >= 0.6 is 11.3 Å². The summed E-state index contributed by atoms with van der Waals surface area (Å²) in [6, 6.07) is 10.00. The molecular formula is C24H23N5O2S. The number of nitrogens with zero attached hydrogens (tertiary/aromatic N) is 5. The summed E-state index contributed by atoms with van der Waals surface area (Å²) >= 11 is 1.76. The molecule has 0 bridgehead atoms. The van der Waals surface area contributed by atoms with E-state index in [2.05, 4.69) is 41.9 Å². The van der Waals surface area contributed by atoms with E-state index in [4.69, 9.17) is 14.1 Å². The molecule has 1 aliphatic heterocycles. The normalized spacial score (nSPS) is 14.3. The predicted octanol–water partition coefficient (Wildman–Crippen LogP) is 4.78. The fourth-order valence-electron chi connectivity index (χ4n) is 4.37. The van der Waals surface area contributed by atoms with Gasteiger partial charge >= 0.3 is 0 Å². The van der Waals surface area contributed by atoms with Gasteiger partial charge in [0.15, 0.2) is 11.4 Å². The first-order chi connectivity index (χ1) is 15.5. The van der Waals surface area contributed by atoms with Crippen molar-refractivity contribution in [2.24, 2.45) is 0 Å². The summed E-state index contributed by atoms with van der Waals surface area (Å²) < 4.78 is 13.7. The summed E-state index contributed by atoms with van der Waals surface area (Å²) in [4.78, 5) is 14.2. The Hall–Kier alpha value is -3.23. The van der Waals surface area contributed by atoms with Gasteiger partial charge in [-0.25, -0.2) is 14.5 Å². The number of rotatable bonds is 4. The van der Waals surface area contributed by atoms with Crippen molar-refractivity contribution >= 4 is 27.2 Å². The third kappa shape index (κ3) is 3.36. The number of thiophene rings is 1. The average Bonchev–Trinajstić information content (AvgIpc) is 3.46. The maximum atomic E-state index is 6.01. The quantitative estimate of drug-likeness (QED) is 0.396. The third-order valence-corrected chi connectivity index (χ3v) is 6.95. The summed E-state index contributed by atoms with van der Waals surface area (Å²) in [6.07, 6.45) is 2.75. The van der Waals surface area contributed by atoms with Gasteiger partial charge in [-0.05, 0) is 68.3 Å². The maximum absolute atomic E-state index is 6.01. The van der Waals surface area contributed by atoms with E-state index in [-0.39, 0.29) is 0 Å². The molecule has 1 aliphatic rings. The Balaban J connectivity index is 1.31. The zero-order valence-corrected chi connectivity index (χ0v) is 19.1. The lowest BCUT2D eigenvalue weighted by molar-refractivity contribution is 0.271. The SMILES string of the molecule is Cc1cc(C)cc(OCc2ccc(-c3nc4c5c6c(sc5ncn4n3)CN(C)CC6)o2)c1. The van der Waals surface area contributed by atoms with Gasteiger partial charge in [-0.1, -0.05) is 6.07 Å². The highest BCUT2D eigenvalue weighted by Gasteiger charge is 2.23. The Morgan fingerprint density at radius 2 is 2.00 bits per heavy atom. The van der Waals surface area contributed by atoms with Crippen LogP contribution < -0.4 is 4.74 Å². The van der Waals surface area contributed by atoms with Gasteiger partial charge in [-0.2, -0.15) is 0 Å². The van der Waals surface area contributed by atoms with E-state index in [0.29, 0.717) is 18.2 Å². The van der Waals surface area contributed by atoms with Crippen LogP contribution in [0.1, 0.15) is 27.3 Å². The van der Waals surface area contributed by atoms with Crippen LogP contribution in [0.25, 0.3) is 27.4 Å². The van der Waals surface area contributed by atoms with Gasteiger partial charge in [0.05, 0.1) is 5.39 Å². The van der Waals surface area contributed by atoms with E-state index in [1.54, 1.807) is 22.2 Å². The standard InChI is InChI=1S/C24H23N5O2S/c1-14-8-15(2)10-17(9-14)30-12-16-4-5-19(31-16)22-26-23-21-18-6-7-28(3)11-20(18)32-24(21)25-13-29(23)27-22/h4-5,8-10,13H,6-7,11-12H2,1-3H3. The van der Waals surface area contributed by atoms with Crippen molar-refractivity contribution < 1.29 is 9.15 Å². The van der Waals surface area contributed by atoms with Gasteiger partial charge in [0.2, 0.25) is 5.82 Å². The molecule has 32 heavy (non-hydrogen) atoms. The van der Waals surface area contributed by atoms with E-state index in [0.717, 1.165) is 46.9 Å². The second-order valence-corrected chi connectivity index (χ2v) is 9.58. The zero-order chi connectivity index (χ0) is 21.8. The molecule has 0 saturated carbocycles.